The number of alkyl halides is 2. The number of rotatable bonds is 3. The molecule has 0 saturated carbocycles. The van der Waals surface area contributed by atoms with E-state index >= 15 is 0 Å². The fourth-order valence-electron chi connectivity index (χ4n) is 2.14. The molecule has 0 bridgehead atoms. The third-order valence-electron chi connectivity index (χ3n) is 3.24. The smallest absolute Gasteiger partial charge is 0.387 e. The van der Waals surface area contributed by atoms with Gasteiger partial charge >= 0.3 is 6.61 Å². The first-order valence-corrected chi connectivity index (χ1v) is 6.30. The van der Waals surface area contributed by atoms with E-state index in [1.54, 1.807) is 0 Å². The fourth-order valence-corrected chi connectivity index (χ4v) is 2.14. The van der Waals surface area contributed by atoms with Crippen molar-refractivity contribution in [2.75, 3.05) is 13.1 Å². The number of carbonyl (C=O) groups is 1. The predicted octanol–water partition coefficient (Wildman–Crippen LogP) is 2.16. The molecule has 0 unspecified atom stereocenters. The number of likely N-dealkylation sites (tertiary alicyclic amines) is 1. The van der Waals surface area contributed by atoms with Crippen LogP contribution in [0.1, 0.15) is 23.2 Å². The van der Waals surface area contributed by atoms with Gasteiger partial charge < -0.3 is 14.7 Å². The van der Waals surface area contributed by atoms with E-state index in [4.69, 9.17) is 0 Å². The Bertz CT molecular complexity index is 530. The highest BCUT2D eigenvalue weighted by Crippen LogP contribution is 2.26. The minimum Gasteiger partial charge on any atom is -0.432 e. The molecule has 1 aliphatic rings. The molecule has 4 nitrogen and oxygen atoms in total. The Morgan fingerprint density at radius 2 is 1.90 bits per heavy atom. The molecule has 1 aliphatic heterocycles. The Kier molecular flexibility index (Phi) is 4.66. The third kappa shape index (κ3) is 3.44. The summed E-state index contributed by atoms with van der Waals surface area (Å²) in [5, 5.41) is 9.34. The number of nitrogens with zero attached hydrogens (tertiary/aromatic N) is 1. The van der Waals surface area contributed by atoms with E-state index in [0.29, 0.717) is 25.0 Å². The van der Waals surface area contributed by atoms with Gasteiger partial charge in [-0.1, -0.05) is 0 Å². The molecule has 2 rings (SSSR count). The number of aliphatic hydroxyl groups is 1. The largest absolute Gasteiger partial charge is 0.432 e. The van der Waals surface area contributed by atoms with Gasteiger partial charge in [-0.25, -0.2) is 8.78 Å². The third-order valence-corrected chi connectivity index (χ3v) is 3.24. The highest BCUT2D eigenvalue weighted by Gasteiger charge is 2.29. The van der Waals surface area contributed by atoms with E-state index in [9.17, 15) is 27.5 Å². The van der Waals surface area contributed by atoms with Gasteiger partial charge in [0.1, 0.15) is 11.4 Å². The van der Waals surface area contributed by atoms with Crippen LogP contribution in [0.3, 0.4) is 0 Å². The van der Waals surface area contributed by atoms with Crippen LogP contribution in [0.25, 0.3) is 0 Å². The summed E-state index contributed by atoms with van der Waals surface area (Å²) in [7, 11) is 0. The van der Waals surface area contributed by atoms with Crippen LogP contribution in [0, 0.1) is 11.6 Å². The summed E-state index contributed by atoms with van der Waals surface area (Å²) in [6, 6.07) is 1.40. The van der Waals surface area contributed by atoms with Crippen molar-refractivity contribution in [3.05, 3.63) is 29.3 Å². The number of hydrogen-bond donors (Lipinski definition) is 1. The van der Waals surface area contributed by atoms with E-state index in [1.807, 2.05) is 0 Å². The first-order valence-electron chi connectivity index (χ1n) is 6.30. The van der Waals surface area contributed by atoms with Gasteiger partial charge in [0, 0.05) is 13.1 Å². The molecule has 1 aromatic carbocycles. The number of benzene rings is 1. The molecule has 1 saturated heterocycles. The molecule has 0 aromatic heterocycles. The van der Waals surface area contributed by atoms with E-state index in [2.05, 4.69) is 4.74 Å². The predicted molar refractivity (Wildman–Crippen MR) is 64.1 cm³/mol. The number of amides is 1. The van der Waals surface area contributed by atoms with Crippen LogP contribution in [0.5, 0.6) is 5.75 Å². The number of carbonyl (C=O) groups excluding carboxylic acids is 1. The zero-order valence-electron chi connectivity index (χ0n) is 10.9. The maximum Gasteiger partial charge on any atom is 0.387 e. The number of hydrogen-bond acceptors (Lipinski definition) is 3. The van der Waals surface area contributed by atoms with Crippen molar-refractivity contribution in [1.29, 1.82) is 0 Å². The van der Waals surface area contributed by atoms with Gasteiger partial charge in [-0.15, -0.1) is 0 Å². The molecule has 8 heteroatoms. The molecule has 1 heterocycles. The zero-order valence-corrected chi connectivity index (χ0v) is 10.9. The van der Waals surface area contributed by atoms with Crippen LogP contribution < -0.4 is 4.74 Å². The summed E-state index contributed by atoms with van der Waals surface area (Å²) in [5.74, 6) is -4.43. The molecule has 21 heavy (non-hydrogen) atoms. The van der Waals surface area contributed by atoms with E-state index < -0.39 is 41.6 Å². The lowest BCUT2D eigenvalue weighted by Crippen LogP contribution is -2.40. The Morgan fingerprint density at radius 1 is 1.29 bits per heavy atom. The van der Waals surface area contributed by atoms with Crippen molar-refractivity contribution in [3.63, 3.8) is 0 Å². The summed E-state index contributed by atoms with van der Waals surface area (Å²) >= 11 is 0. The second-order valence-electron chi connectivity index (χ2n) is 4.64. The van der Waals surface area contributed by atoms with Crippen LogP contribution in [-0.4, -0.2) is 41.7 Å². The van der Waals surface area contributed by atoms with Crippen molar-refractivity contribution in [1.82, 2.24) is 4.90 Å². The quantitative estimate of drug-likeness (QED) is 0.871. The summed E-state index contributed by atoms with van der Waals surface area (Å²) in [5.41, 5.74) is -0.926. The molecule has 0 radical (unpaired) electrons. The molecular formula is C13H13F4NO3. The zero-order chi connectivity index (χ0) is 15.6. The summed E-state index contributed by atoms with van der Waals surface area (Å²) < 4.78 is 55.8. The Labute approximate surface area is 117 Å². The second kappa shape index (κ2) is 6.30. The van der Waals surface area contributed by atoms with Gasteiger partial charge in [-0.2, -0.15) is 8.78 Å². The van der Waals surface area contributed by atoms with Crippen LogP contribution in [0.2, 0.25) is 0 Å². The van der Waals surface area contributed by atoms with Crippen LogP contribution in [0.15, 0.2) is 12.1 Å². The van der Waals surface area contributed by atoms with Gasteiger partial charge in [0.15, 0.2) is 11.6 Å². The van der Waals surface area contributed by atoms with Crippen molar-refractivity contribution >= 4 is 5.91 Å². The molecule has 1 fully saturated rings. The van der Waals surface area contributed by atoms with E-state index in [1.165, 1.54) is 4.90 Å². The number of aliphatic hydroxyl groups excluding tert-OH is 1. The molecule has 1 aromatic rings. The maximum atomic E-state index is 14.0. The summed E-state index contributed by atoms with van der Waals surface area (Å²) in [6.45, 7) is -3.00. The number of halogens is 4. The normalized spacial score (nSPS) is 16.4. The molecule has 0 atom stereocenters. The minimum atomic E-state index is -3.28. The first-order chi connectivity index (χ1) is 9.90. The van der Waals surface area contributed by atoms with Crippen LogP contribution >= 0.6 is 0 Å². The molecule has 0 spiro atoms. The topological polar surface area (TPSA) is 49.8 Å². The van der Waals surface area contributed by atoms with Crippen molar-refractivity contribution < 1.29 is 32.2 Å². The number of ether oxygens (including phenoxy) is 1. The average molecular weight is 307 g/mol. The van der Waals surface area contributed by atoms with Crippen molar-refractivity contribution in [3.8, 4) is 5.75 Å². The van der Waals surface area contributed by atoms with Crippen molar-refractivity contribution in [2.24, 2.45) is 0 Å². The standard InChI is InChI=1S/C13H13F4NO3/c14-8-1-2-9(21-13(16)17)11(15)10(8)12(20)18-5-3-7(19)4-6-18/h1-2,7,13,19H,3-6H2. The van der Waals surface area contributed by atoms with E-state index in [-0.39, 0.29) is 13.1 Å². The molecule has 1 N–H and O–H groups in total. The minimum absolute atomic E-state index is 0.138. The van der Waals surface area contributed by atoms with Gasteiger partial charge in [0.25, 0.3) is 5.91 Å². The molecule has 1 amide bonds. The van der Waals surface area contributed by atoms with Crippen LogP contribution in [0.4, 0.5) is 17.6 Å². The number of piperidine rings is 1. The lowest BCUT2D eigenvalue weighted by molar-refractivity contribution is -0.0523. The fraction of sp³-hybridized carbons (Fsp3) is 0.462. The van der Waals surface area contributed by atoms with Gasteiger partial charge in [-0.3, -0.25) is 4.79 Å². The first kappa shape index (κ1) is 15.6. The SMILES string of the molecule is O=C(c1c(F)ccc(OC(F)F)c1F)N1CCC(O)CC1. The molecule has 0 aliphatic carbocycles. The summed E-state index contributed by atoms with van der Waals surface area (Å²) in [6.07, 6.45) is 0.0296. The second-order valence-corrected chi connectivity index (χ2v) is 4.64. The van der Waals surface area contributed by atoms with Gasteiger partial charge in [-0.05, 0) is 25.0 Å². The van der Waals surface area contributed by atoms with Gasteiger partial charge in [0.05, 0.1) is 6.10 Å². The Balaban J connectivity index is 2.27. The maximum absolute atomic E-state index is 14.0. The average Bonchev–Trinajstić information content (AvgIpc) is 2.42. The van der Waals surface area contributed by atoms with Crippen molar-refractivity contribution in [2.45, 2.75) is 25.6 Å². The Morgan fingerprint density at radius 3 is 2.48 bits per heavy atom. The Hall–Kier alpha value is -1.83. The molecular weight excluding hydrogens is 294 g/mol. The lowest BCUT2D eigenvalue weighted by Gasteiger charge is -2.29. The van der Waals surface area contributed by atoms with Gasteiger partial charge in [0.2, 0.25) is 0 Å². The highest BCUT2D eigenvalue weighted by atomic mass is 19.3. The highest BCUT2D eigenvalue weighted by molar-refractivity contribution is 5.95. The lowest BCUT2D eigenvalue weighted by atomic mass is 10.1. The molecule has 116 valence electrons. The van der Waals surface area contributed by atoms with E-state index in [0.717, 1.165) is 0 Å². The summed E-state index contributed by atoms with van der Waals surface area (Å²) in [4.78, 5) is 13.3. The van der Waals surface area contributed by atoms with Crippen LogP contribution in [-0.2, 0) is 0 Å². The monoisotopic (exact) mass is 307 g/mol.